The summed E-state index contributed by atoms with van der Waals surface area (Å²) in [6, 6.07) is 9.05. The second-order valence-corrected chi connectivity index (χ2v) is 9.18. The van der Waals surface area contributed by atoms with Gasteiger partial charge < -0.3 is 9.64 Å². The highest BCUT2D eigenvalue weighted by Crippen LogP contribution is 2.37. The Morgan fingerprint density at radius 1 is 1.17 bits per heavy atom. The molecule has 9 heteroatoms. The van der Waals surface area contributed by atoms with Crippen LogP contribution in [0.2, 0.25) is 10.0 Å². The lowest BCUT2D eigenvalue weighted by Gasteiger charge is -2.14. The minimum atomic E-state index is -0.107. The number of hydrogen-bond donors (Lipinski definition) is 0. The van der Waals surface area contributed by atoms with E-state index in [0.717, 1.165) is 20.1 Å². The molecule has 0 spiro atoms. The summed E-state index contributed by atoms with van der Waals surface area (Å²) in [5, 5.41) is 1.62. The molecular weight excluding hydrogens is 563 g/mol. The Morgan fingerprint density at radius 3 is 2.38 bits per heavy atom. The Hall–Kier alpha value is -1.12. The SMILES string of the molecule is CCN1C(=O)/C(=C/c2cc(Br)c(OCc3ccc(Cl)cc3Cl)c(Br)c2)N(C)C1=S. The quantitative estimate of drug-likeness (QED) is 0.299. The third-order valence-corrected chi connectivity index (χ3v) is 6.63. The number of thiocarbonyl (C=S) groups is 1. The minimum Gasteiger partial charge on any atom is -0.486 e. The molecule has 2 aromatic rings. The number of ether oxygens (including phenoxy) is 1. The largest absolute Gasteiger partial charge is 0.486 e. The third kappa shape index (κ3) is 4.80. The molecule has 0 saturated carbocycles. The van der Waals surface area contributed by atoms with Gasteiger partial charge >= 0.3 is 0 Å². The van der Waals surface area contributed by atoms with E-state index >= 15 is 0 Å². The maximum atomic E-state index is 12.6. The van der Waals surface area contributed by atoms with Crippen LogP contribution in [-0.4, -0.2) is 34.4 Å². The van der Waals surface area contributed by atoms with Crippen LogP contribution in [0.4, 0.5) is 0 Å². The molecule has 3 rings (SSSR count). The van der Waals surface area contributed by atoms with Crippen LogP contribution in [-0.2, 0) is 11.4 Å². The van der Waals surface area contributed by atoms with Crippen molar-refractivity contribution in [3.63, 3.8) is 0 Å². The summed E-state index contributed by atoms with van der Waals surface area (Å²) >= 11 is 24.6. The Bertz CT molecular complexity index is 1010. The number of rotatable bonds is 5. The van der Waals surface area contributed by atoms with Crippen molar-refractivity contribution in [2.24, 2.45) is 0 Å². The molecule has 1 aliphatic heterocycles. The smallest absolute Gasteiger partial charge is 0.276 e. The molecule has 0 atom stereocenters. The first-order valence-electron chi connectivity index (χ1n) is 8.60. The van der Waals surface area contributed by atoms with Crippen LogP contribution >= 0.6 is 67.3 Å². The normalized spacial score (nSPS) is 15.6. The van der Waals surface area contributed by atoms with Gasteiger partial charge in [0.15, 0.2) is 5.11 Å². The van der Waals surface area contributed by atoms with Gasteiger partial charge in [-0.25, -0.2) is 0 Å². The number of nitrogens with zero attached hydrogens (tertiary/aromatic N) is 2. The van der Waals surface area contributed by atoms with E-state index in [1.54, 1.807) is 35.1 Å². The van der Waals surface area contributed by atoms with E-state index in [2.05, 4.69) is 31.9 Å². The lowest BCUT2D eigenvalue weighted by molar-refractivity contribution is -0.122. The molecule has 1 aliphatic rings. The van der Waals surface area contributed by atoms with Gasteiger partial charge in [0, 0.05) is 29.2 Å². The molecule has 1 heterocycles. The van der Waals surface area contributed by atoms with Crippen LogP contribution in [0, 0.1) is 0 Å². The fourth-order valence-corrected chi connectivity index (χ4v) is 5.06. The highest BCUT2D eigenvalue weighted by molar-refractivity contribution is 9.11. The fourth-order valence-electron chi connectivity index (χ4n) is 2.84. The number of carbonyl (C=O) groups excluding carboxylic acids is 1. The van der Waals surface area contributed by atoms with E-state index in [4.69, 9.17) is 40.2 Å². The summed E-state index contributed by atoms with van der Waals surface area (Å²) in [6.45, 7) is 2.72. The molecule has 152 valence electrons. The Labute approximate surface area is 201 Å². The van der Waals surface area contributed by atoms with E-state index in [9.17, 15) is 4.79 Å². The summed E-state index contributed by atoms with van der Waals surface area (Å²) < 4.78 is 7.43. The number of carbonyl (C=O) groups is 1. The molecule has 0 aromatic heterocycles. The molecule has 1 amide bonds. The number of halogens is 4. The van der Waals surface area contributed by atoms with Crippen molar-refractivity contribution in [2.75, 3.05) is 13.6 Å². The first kappa shape index (κ1) is 22.6. The van der Waals surface area contributed by atoms with Crippen molar-refractivity contribution in [1.29, 1.82) is 0 Å². The van der Waals surface area contributed by atoms with E-state index in [1.165, 1.54) is 0 Å². The van der Waals surface area contributed by atoms with Gasteiger partial charge in [-0.2, -0.15) is 0 Å². The van der Waals surface area contributed by atoms with Crippen LogP contribution in [0.1, 0.15) is 18.1 Å². The second-order valence-electron chi connectivity index (χ2n) is 6.26. The van der Waals surface area contributed by atoms with Crippen LogP contribution in [0.25, 0.3) is 6.08 Å². The first-order chi connectivity index (χ1) is 13.7. The lowest BCUT2D eigenvalue weighted by atomic mass is 10.1. The van der Waals surface area contributed by atoms with E-state index in [0.29, 0.717) is 33.1 Å². The zero-order valence-corrected chi connectivity index (χ0v) is 21.0. The van der Waals surface area contributed by atoms with Crippen LogP contribution < -0.4 is 4.74 Å². The Morgan fingerprint density at radius 2 is 1.83 bits per heavy atom. The standard InChI is InChI=1S/C20H16Br2Cl2N2O2S/c1-3-26-19(27)17(25(2)20(26)29)8-11-6-14(21)18(15(22)7-11)28-10-12-4-5-13(23)9-16(12)24/h4-9H,3,10H2,1-2H3/b17-8-. The molecule has 29 heavy (non-hydrogen) atoms. The van der Waals surface area contributed by atoms with Crippen molar-refractivity contribution in [1.82, 2.24) is 9.80 Å². The molecule has 1 saturated heterocycles. The predicted octanol–water partition coefficient (Wildman–Crippen LogP) is 6.52. The summed E-state index contributed by atoms with van der Waals surface area (Å²) in [4.78, 5) is 15.9. The zero-order valence-electron chi connectivity index (χ0n) is 15.5. The third-order valence-electron chi connectivity index (χ3n) is 4.37. The van der Waals surface area contributed by atoms with Crippen molar-refractivity contribution in [3.8, 4) is 5.75 Å². The van der Waals surface area contributed by atoms with Gasteiger partial charge in [0.25, 0.3) is 5.91 Å². The van der Waals surface area contributed by atoms with Gasteiger partial charge in [-0.15, -0.1) is 0 Å². The van der Waals surface area contributed by atoms with Gasteiger partial charge in [0.05, 0.1) is 8.95 Å². The highest BCUT2D eigenvalue weighted by atomic mass is 79.9. The molecule has 1 fully saturated rings. The summed E-state index contributed by atoms with van der Waals surface area (Å²) in [6.07, 6.45) is 1.81. The summed E-state index contributed by atoms with van der Waals surface area (Å²) in [7, 11) is 1.79. The maximum absolute atomic E-state index is 12.6. The molecule has 0 radical (unpaired) electrons. The second kappa shape index (κ2) is 9.35. The topological polar surface area (TPSA) is 32.8 Å². The van der Waals surface area contributed by atoms with E-state index < -0.39 is 0 Å². The van der Waals surface area contributed by atoms with Crippen molar-refractivity contribution < 1.29 is 9.53 Å². The number of likely N-dealkylation sites (N-methyl/N-ethyl adjacent to an activating group) is 2. The van der Waals surface area contributed by atoms with Crippen LogP contribution in [0.15, 0.2) is 45.0 Å². The van der Waals surface area contributed by atoms with Crippen molar-refractivity contribution >= 4 is 84.4 Å². The Kier molecular flexibility index (Phi) is 7.27. The highest BCUT2D eigenvalue weighted by Gasteiger charge is 2.34. The molecule has 0 unspecified atom stereocenters. The van der Waals surface area contributed by atoms with E-state index in [-0.39, 0.29) is 12.5 Å². The van der Waals surface area contributed by atoms with Gasteiger partial charge in [-0.05, 0) is 86.9 Å². The molecule has 0 N–H and O–H groups in total. The summed E-state index contributed by atoms with van der Waals surface area (Å²) in [5.74, 6) is 0.528. The Balaban J connectivity index is 1.84. The number of benzene rings is 2. The number of hydrogen-bond acceptors (Lipinski definition) is 3. The van der Waals surface area contributed by atoms with Crippen LogP contribution in [0.5, 0.6) is 5.75 Å². The van der Waals surface area contributed by atoms with E-state index in [1.807, 2.05) is 25.1 Å². The maximum Gasteiger partial charge on any atom is 0.276 e. The van der Waals surface area contributed by atoms with Gasteiger partial charge in [-0.1, -0.05) is 29.3 Å². The monoisotopic (exact) mass is 576 g/mol. The molecule has 0 aliphatic carbocycles. The predicted molar refractivity (Wildman–Crippen MR) is 128 cm³/mol. The fraction of sp³-hybridized carbons (Fsp3) is 0.200. The molecule has 0 bridgehead atoms. The van der Waals surface area contributed by atoms with Gasteiger partial charge in [0.2, 0.25) is 0 Å². The molecule has 2 aromatic carbocycles. The zero-order chi connectivity index (χ0) is 21.3. The van der Waals surface area contributed by atoms with Crippen molar-refractivity contribution in [3.05, 3.63) is 66.1 Å². The average Bonchev–Trinajstić information content (AvgIpc) is 2.85. The number of amides is 1. The minimum absolute atomic E-state index is 0.107. The van der Waals surface area contributed by atoms with Crippen LogP contribution in [0.3, 0.4) is 0 Å². The van der Waals surface area contributed by atoms with Gasteiger partial charge in [0.1, 0.15) is 18.1 Å². The van der Waals surface area contributed by atoms with Gasteiger partial charge in [-0.3, -0.25) is 9.69 Å². The molecule has 4 nitrogen and oxygen atoms in total. The molecular formula is C20H16Br2Cl2N2O2S. The average molecular weight is 579 g/mol. The lowest BCUT2D eigenvalue weighted by Crippen LogP contribution is -2.30. The summed E-state index contributed by atoms with van der Waals surface area (Å²) in [5.41, 5.74) is 2.18. The van der Waals surface area contributed by atoms with Crippen molar-refractivity contribution in [2.45, 2.75) is 13.5 Å². The first-order valence-corrected chi connectivity index (χ1v) is 11.3.